The Morgan fingerprint density at radius 2 is 2.18 bits per heavy atom. The summed E-state index contributed by atoms with van der Waals surface area (Å²) in [6, 6.07) is 7.03. The molecule has 2 N–H and O–H groups in total. The highest BCUT2D eigenvalue weighted by Gasteiger charge is 2.20. The number of benzene rings is 1. The van der Waals surface area contributed by atoms with Gasteiger partial charge in [0.25, 0.3) is 0 Å². The first kappa shape index (κ1) is 18.4. The number of piperidine rings is 1. The van der Waals surface area contributed by atoms with E-state index in [-0.39, 0.29) is 18.3 Å². The van der Waals surface area contributed by atoms with Crippen LogP contribution in [0.15, 0.2) is 49.3 Å². The molecule has 28 heavy (non-hydrogen) atoms. The summed E-state index contributed by atoms with van der Waals surface area (Å²) in [5.41, 5.74) is 1.29. The maximum atomic E-state index is 14.4. The molecule has 0 saturated carbocycles. The van der Waals surface area contributed by atoms with E-state index in [1.165, 1.54) is 12.4 Å². The zero-order chi connectivity index (χ0) is 19.3. The third kappa shape index (κ3) is 4.12. The lowest BCUT2D eigenvalue weighted by molar-refractivity contribution is 0.208. The van der Waals surface area contributed by atoms with Crippen LogP contribution in [0, 0.1) is 11.7 Å². The van der Waals surface area contributed by atoms with Gasteiger partial charge in [-0.15, -0.1) is 0 Å². The third-order valence-electron chi connectivity index (χ3n) is 5.02. The van der Waals surface area contributed by atoms with E-state index in [2.05, 4.69) is 25.2 Å². The summed E-state index contributed by atoms with van der Waals surface area (Å²) in [5, 5.41) is 12.6. The van der Waals surface area contributed by atoms with Gasteiger partial charge < -0.3 is 19.9 Å². The van der Waals surface area contributed by atoms with Gasteiger partial charge in [0, 0.05) is 44.7 Å². The Morgan fingerprint density at radius 1 is 1.25 bits per heavy atom. The number of aliphatic hydroxyl groups excluding tert-OH is 1. The minimum absolute atomic E-state index is 0.202. The molecule has 1 aliphatic heterocycles. The second-order valence-corrected chi connectivity index (χ2v) is 7.01. The Labute approximate surface area is 162 Å². The number of imidazole rings is 1. The minimum Gasteiger partial charge on any atom is -0.396 e. The fraction of sp³-hybridized carbons (Fsp3) is 0.350. The van der Waals surface area contributed by atoms with Gasteiger partial charge in [0.2, 0.25) is 0 Å². The maximum Gasteiger partial charge on any atom is 0.147 e. The van der Waals surface area contributed by atoms with Gasteiger partial charge in [-0.1, -0.05) is 6.07 Å². The largest absolute Gasteiger partial charge is 0.396 e. The van der Waals surface area contributed by atoms with Crippen molar-refractivity contribution < 1.29 is 9.50 Å². The molecule has 1 aliphatic rings. The number of nitrogens with one attached hydrogen (secondary N) is 1. The zero-order valence-electron chi connectivity index (χ0n) is 15.5. The highest BCUT2D eigenvalue weighted by Crippen LogP contribution is 2.23. The van der Waals surface area contributed by atoms with Crippen LogP contribution in [0.4, 0.5) is 16.0 Å². The number of hydrogen-bond donors (Lipinski definition) is 2. The normalized spacial score (nSPS) is 16.9. The molecule has 1 atom stereocenters. The average Bonchev–Trinajstić information content (AvgIpc) is 3.27. The Balaban J connectivity index is 1.42. The molecule has 146 valence electrons. The molecule has 0 aliphatic carbocycles. The highest BCUT2D eigenvalue weighted by atomic mass is 19.1. The van der Waals surface area contributed by atoms with Gasteiger partial charge in [0.15, 0.2) is 0 Å². The van der Waals surface area contributed by atoms with Crippen LogP contribution in [0.2, 0.25) is 0 Å². The second-order valence-electron chi connectivity index (χ2n) is 7.01. The first-order valence-electron chi connectivity index (χ1n) is 9.41. The van der Waals surface area contributed by atoms with Gasteiger partial charge in [0.1, 0.15) is 23.8 Å². The van der Waals surface area contributed by atoms with E-state index in [9.17, 15) is 9.50 Å². The van der Waals surface area contributed by atoms with Crippen molar-refractivity contribution >= 4 is 11.6 Å². The Bertz CT molecular complexity index is 917. The molecule has 3 aromatic rings. The van der Waals surface area contributed by atoms with E-state index in [4.69, 9.17) is 0 Å². The van der Waals surface area contributed by atoms with Crippen LogP contribution in [-0.2, 0) is 6.54 Å². The first-order chi connectivity index (χ1) is 13.7. The summed E-state index contributed by atoms with van der Waals surface area (Å²) in [7, 11) is 0. The maximum absolute atomic E-state index is 14.4. The van der Waals surface area contributed by atoms with E-state index in [0.29, 0.717) is 18.1 Å². The summed E-state index contributed by atoms with van der Waals surface area (Å²) in [4.78, 5) is 14.8. The average molecular weight is 382 g/mol. The number of nitrogens with zero attached hydrogens (tertiary/aromatic N) is 5. The lowest BCUT2D eigenvalue weighted by Gasteiger charge is -2.32. The molecule has 1 aromatic carbocycles. The standard InChI is InChI=1S/C20H23FN6O/c21-17-8-15(3-4-18(17)27-7-5-22-14-27)10-23-19-9-20(25-13-24-19)26-6-1-2-16(11-26)12-28/h3-5,7-9,13-14,16,28H,1-2,6,10-12H2,(H,23,24,25). The Hall–Kier alpha value is -3.00. The molecular formula is C20H23FN6O. The van der Waals surface area contributed by atoms with Gasteiger partial charge >= 0.3 is 0 Å². The molecule has 3 heterocycles. The van der Waals surface area contributed by atoms with Gasteiger partial charge in [0.05, 0.1) is 12.0 Å². The Kier molecular flexibility index (Phi) is 5.48. The molecule has 4 rings (SSSR count). The topological polar surface area (TPSA) is 79.1 Å². The van der Waals surface area contributed by atoms with Crippen LogP contribution >= 0.6 is 0 Å². The molecule has 8 heteroatoms. The van der Waals surface area contributed by atoms with Crippen molar-refractivity contribution in [1.29, 1.82) is 0 Å². The predicted molar refractivity (Wildman–Crippen MR) is 105 cm³/mol. The van der Waals surface area contributed by atoms with Crippen molar-refractivity contribution in [3.8, 4) is 5.69 Å². The van der Waals surface area contributed by atoms with Crippen molar-refractivity contribution in [2.75, 3.05) is 29.9 Å². The van der Waals surface area contributed by atoms with Gasteiger partial charge in [-0.3, -0.25) is 0 Å². The predicted octanol–water partition coefficient (Wildman–Crippen LogP) is 2.62. The minimum atomic E-state index is -0.302. The smallest absolute Gasteiger partial charge is 0.147 e. The second kappa shape index (κ2) is 8.35. The van der Waals surface area contributed by atoms with Crippen LogP contribution in [0.25, 0.3) is 5.69 Å². The van der Waals surface area contributed by atoms with E-state index in [1.54, 1.807) is 29.4 Å². The van der Waals surface area contributed by atoms with Gasteiger partial charge in [-0.2, -0.15) is 0 Å². The molecule has 2 aromatic heterocycles. The first-order valence-corrected chi connectivity index (χ1v) is 9.41. The van der Waals surface area contributed by atoms with Crippen molar-refractivity contribution in [3.63, 3.8) is 0 Å². The van der Waals surface area contributed by atoms with Gasteiger partial charge in [-0.05, 0) is 36.5 Å². The number of hydrogen-bond acceptors (Lipinski definition) is 6. The van der Waals surface area contributed by atoms with Crippen LogP contribution in [0.5, 0.6) is 0 Å². The molecule has 1 saturated heterocycles. The number of aliphatic hydroxyl groups is 1. The summed E-state index contributed by atoms with van der Waals surface area (Å²) in [6.45, 7) is 2.38. The number of rotatable bonds is 6. The van der Waals surface area contributed by atoms with Crippen LogP contribution in [-0.4, -0.2) is 44.3 Å². The van der Waals surface area contributed by atoms with Crippen molar-refractivity contribution in [1.82, 2.24) is 19.5 Å². The van der Waals surface area contributed by atoms with Gasteiger partial charge in [-0.25, -0.2) is 19.3 Å². The number of aromatic nitrogens is 4. The fourth-order valence-electron chi connectivity index (χ4n) is 3.50. The summed E-state index contributed by atoms with van der Waals surface area (Å²) in [5.74, 6) is 1.52. The molecule has 1 unspecified atom stereocenters. The Morgan fingerprint density at radius 3 is 2.96 bits per heavy atom. The molecule has 1 fully saturated rings. The van der Waals surface area contributed by atoms with E-state index >= 15 is 0 Å². The quantitative estimate of drug-likeness (QED) is 0.682. The van der Waals surface area contributed by atoms with E-state index in [1.807, 2.05) is 12.1 Å². The SMILES string of the molecule is OCC1CCCN(c2cc(NCc3ccc(-n4ccnc4)c(F)c3)ncn2)C1. The summed E-state index contributed by atoms with van der Waals surface area (Å²) in [6.07, 6.45) is 8.52. The summed E-state index contributed by atoms with van der Waals surface area (Å²) >= 11 is 0. The van der Waals surface area contributed by atoms with Crippen molar-refractivity contribution in [2.45, 2.75) is 19.4 Å². The van der Waals surface area contributed by atoms with Crippen molar-refractivity contribution in [2.24, 2.45) is 5.92 Å². The third-order valence-corrected chi connectivity index (χ3v) is 5.02. The number of anilines is 2. The lowest BCUT2D eigenvalue weighted by atomic mass is 9.99. The molecule has 0 amide bonds. The molecule has 0 radical (unpaired) electrons. The van der Waals surface area contributed by atoms with E-state index in [0.717, 1.165) is 37.3 Å². The molecule has 0 bridgehead atoms. The monoisotopic (exact) mass is 382 g/mol. The van der Waals surface area contributed by atoms with E-state index < -0.39 is 0 Å². The van der Waals surface area contributed by atoms with Crippen LogP contribution < -0.4 is 10.2 Å². The molecule has 7 nitrogen and oxygen atoms in total. The lowest BCUT2D eigenvalue weighted by Crippen LogP contribution is -2.37. The summed E-state index contributed by atoms with van der Waals surface area (Å²) < 4.78 is 16.0. The molecular weight excluding hydrogens is 359 g/mol. The zero-order valence-corrected chi connectivity index (χ0v) is 15.5. The van der Waals surface area contributed by atoms with Crippen LogP contribution in [0.1, 0.15) is 18.4 Å². The van der Waals surface area contributed by atoms with Crippen LogP contribution in [0.3, 0.4) is 0 Å². The molecule has 0 spiro atoms. The fourth-order valence-corrected chi connectivity index (χ4v) is 3.50. The number of halogens is 1. The van der Waals surface area contributed by atoms with Crippen molar-refractivity contribution in [3.05, 3.63) is 60.7 Å². The highest BCUT2D eigenvalue weighted by molar-refractivity contribution is 5.49.